The van der Waals surface area contributed by atoms with Crippen molar-refractivity contribution in [3.8, 4) is 11.5 Å². The van der Waals surface area contributed by atoms with Gasteiger partial charge in [0.1, 0.15) is 0 Å². The third-order valence-electron chi connectivity index (χ3n) is 4.82. The molecule has 0 bridgehead atoms. The molecule has 0 atom stereocenters. The van der Waals surface area contributed by atoms with Crippen molar-refractivity contribution in [1.82, 2.24) is 10.2 Å². The molecule has 0 unspecified atom stereocenters. The smallest absolute Gasteiger partial charge is 0.257 e. The molecule has 0 aliphatic heterocycles. The average molecular weight is 509 g/mol. The van der Waals surface area contributed by atoms with E-state index in [1.165, 1.54) is 23.1 Å². The average Bonchev–Trinajstić information content (AvgIpc) is 3.31. The Balaban J connectivity index is 1.34. The highest BCUT2D eigenvalue weighted by Crippen LogP contribution is 2.30. The summed E-state index contributed by atoms with van der Waals surface area (Å²) in [5.41, 5.74) is 1.18. The molecule has 35 heavy (non-hydrogen) atoms. The Morgan fingerprint density at radius 1 is 0.914 bits per heavy atom. The van der Waals surface area contributed by atoms with Gasteiger partial charge in [-0.2, -0.15) is 0 Å². The quantitative estimate of drug-likeness (QED) is 0.216. The van der Waals surface area contributed by atoms with E-state index in [0.29, 0.717) is 39.7 Å². The highest BCUT2D eigenvalue weighted by Gasteiger charge is 2.15. The van der Waals surface area contributed by atoms with Crippen LogP contribution in [-0.2, 0) is 4.79 Å². The van der Waals surface area contributed by atoms with Gasteiger partial charge in [0.15, 0.2) is 15.8 Å². The molecule has 0 saturated heterocycles. The summed E-state index contributed by atoms with van der Waals surface area (Å²) >= 11 is 2.46. The van der Waals surface area contributed by atoms with Crippen molar-refractivity contribution in [2.75, 3.05) is 29.6 Å². The Labute approximate surface area is 211 Å². The highest BCUT2D eigenvalue weighted by atomic mass is 32.2. The van der Waals surface area contributed by atoms with Crippen molar-refractivity contribution in [3.63, 3.8) is 0 Å². The van der Waals surface area contributed by atoms with E-state index in [4.69, 9.17) is 9.47 Å². The van der Waals surface area contributed by atoms with Crippen molar-refractivity contribution < 1.29 is 19.1 Å². The Hall–Kier alpha value is -3.63. The van der Waals surface area contributed by atoms with Crippen molar-refractivity contribution in [1.29, 1.82) is 0 Å². The molecule has 1 heterocycles. The number of anilines is 2. The summed E-state index contributed by atoms with van der Waals surface area (Å²) in [5, 5.41) is 16.2. The van der Waals surface area contributed by atoms with Crippen LogP contribution in [0, 0.1) is 0 Å². The van der Waals surface area contributed by atoms with Crippen LogP contribution in [0.2, 0.25) is 0 Å². The maximum absolute atomic E-state index is 12.7. The summed E-state index contributed by atoms with van der Waals surface area (Å²) in [6, 6.07) is 18.7. The number of hydrogen-bond acceptors (Lipinski definition) is 8. The number of benzene rings is 3. The van der Waals surface area contributed by atoms with Crippen LogP contribution in [0.3, 0.4) is 0 Å². The SMILES string of the molecule is CCOc1ccc(C(=O)Nc2nnc(SCC(=O)Nc3cccc4ccccc34)s2)cc1OCC. The van der Waals surface area contributed by atoms with E-state index < -0.39 is 0 Å². The van der Waals surface area contributed by atoms with Crippen LogP contribution in [0.25, 0.3) is 10.8 Å². The molecule has 4 aromatic rings. The number of aromatic nitrogens is 2. The number of carbonyl (C=O) groups is 2. The second kappa shape index (κ2) is 11.7. The van der Waals surface area contributed by atoms with Gasteiger partial charge in [-0.05, 0) is 43.5 Å². The first-order valence-electron chi connectivity index (χ1n) is 11.0. The van der Waals surface area contributed by atoms with Gasteiger partial charge in [0, 0.05) is 16.6 Å². The first-order chi connectivity index (χ1) is 17.1. The molecule has 2 N–H and O–H groups in total. The monoisotopic (exact) mass is 508 g/mol. The standard InChI is InChI=1S/C25H24N4O4S2/c1-3-32-20-13-12-17(14-21(20)33-4-2)23(31)27-24-28-29-25(35-24)34-15-22(30)26-19-11-7-9-16-8-5-6-10-18(16)19/h5-14H,3-4,15H2,1-2H3,(H,26,30)(H,27,28,31). The minimum atomic E-state index is -0.338. The van der Waals surface area contributed by atoms with Gasteiger partial charge in [-0.1, -0.05) is 59.5 Å². The van der Waals surface area contributed by atoms with Gasteiger partial charge < -0.3 is 14.8 Å². The molecule has 10 heteroatoms. The van der Waals surface area contributed by atoms with Gasteiger partial charge in [-0.3, -0.25) is 14.9 Å². The molecule has 0 radical (unpaired) electrons. The van der Waals surface area contributed by atoms with Crippen molar-refractivity contribution in [2.45, 2.75) is 18.2 Å². The summed E-state index contributed by atoms with van der Waals surface area (Å²) < 4.78 is 11.7. The fourth-order valence-electron chi connectivity index (χ4n) is 3.33. The molecule has 0 saturated carbocycles. The first-order valence-corrected chi connectivity index (χ1v) is 12.8. The number of rotatable bonds is 10. The summed E-state index contributed by atoms with van der Waals surface area (Å²) in [7, 11) is 0. The Kier molecular flexibility index (Phi) is 8.17. The molecule has 0 spiro atoms. The molecule has 0 aliphatic carbocycles. The second-order valence-corrected chi connectivity index (χ2v) is 9.42. The van der Waals surface area contributed by atoms with Crippen LogP contribution in [0.5, 0.6) is 11.5 Å². The maximum Gasteiger partial charge on any atom is 0.257 e. The lowest BCUT2D eigenvalue weighted by Crippen LogP contribution is -2.14. The van der Waals surface area contributed by atoms with Gasteiger partial charge in [0.05, 0.1) is 19.0 Å². The predicted molar refractivity (Wildman–Crippen MR) is 140 cm³/mol. The number of fused-ring (bicyclic) bond motifs is 1. The fraction of sp³-hybridized carbons (Fsp3) is 0.200. The molecule has 0 aliphatic rings. The van der Waals surface area contributed by atoms with E-state index in [1.54, 1.807) is 18.2 Å². The van der Waals surface area contributed by atoms with Crippen LogP contribution < -0.4 is 20.1 Å². The molecule has 180 valence electrons. The summed E-state index contributed by atoms with van der Waals surface area (Å²) in [6.07, 6.45) is 0. The van der Waals surface area contributed by atoms with Crippen LogP contribution in [0.4, 0.5) is 10.8 Å². The van der Waals surface area contributed by atoms with Crippen LogP contribution in [-0.4, -0.2) is 41.0 Å². The Morgan fingerprint density at radius 2 is 1.69 bits per heavy atom. The van der Waals surface area contributed by atoms with E-state index in [2.05, 4.69) is 20.8 Å². The Bertz CT molecular complexity index is 1340. The van der Waals surface area contributed by atoms with Gasteiger partial charge in [0.25, 0.3) is 5.91 Å². The predicted octanol–water partition coefficient (Wildman–Crippen LogP) is 5.47. The Morgan fingerprint density at radius 3 is 2.51 bits per heavy atom. The summed E-state index contributed by atoms with van der Waals surface area (Å²) in [5.74, 6) is 0.776. The zero-order chi connectivity index (χ0) is 24.6. The number of ether oxygens (including phenoxy) is 2. The van der Waals surface area contributed by atoms with Crippen LogP contribution in [0.1, 0.15) is 24.2 Å². The number of nitrogens with zero attached hydrogens (tertiary/aromatic N) is 2. The summed E-state index contributed by atoms with van der Waals surface area (Å²) in [6.45, 7) is 4.70. The molecular formula is C25H24N4O4S2. The van der Waals surface area contributed by atoms with Crippen molar-refractivity contribution in [3.05, 3.63) is 66.2 Å². The summed E-state index contributed by atoms with van der Waals surface area (Å²) in [4.78, 5) is 25.2. The fourth-order valence-corrected chi connectivity index (χ4v) is 4.88. The number of thioether (sulfide) groups is 1. The van der Waals surface area contributed by atoms with Gasteiger partial charge >= 0.3 is 0 Å². The molecule has 4 rings (SSSR count). The van der Waals surface area contributed by atoms with Gasteiger partial charge in [-0.25, -0.2) is 0 Å². The number of carbonyl (C=O) groups excluding carboxylic acids is 2. The van der Waals surface area contributed by atoms with E-state index in [-0.39, 0.29) is 17.6 Å². The molecular weight excluding hydrogens is 484 g/mol. The van der Waals surface area contributed by atoms with Crippen molar-refractivity contribution in [2.24, 2.45) is 0 Å². The zero-order valence-corrected chi connectivity index (χ0v) is 20.9. The van der Waals surface area contributed by atoms with Crippen molar-refractivity contribution >= 4 is 56.5 Å². The van der Waals surface area contributed by atoms with Gasteiger partial charge in [0.2, 0.25) is 11.0 Å². The number of hydrogen-bond donors (Lipinski definition) is 2. The molecule has 3 aromatic carbocycles. The molecule has 2 amide bonds. The minimum Gasteiger partial charge on any atom is -0.490 e. The van der Waals surface area contributed by atoms with E-state index in [0.717, 1.165) is 16.5 Å². The number of nitrogens with one attached hydrogen (secondary N) is 2. The van der Waals surface area contributed by atoms with Crippen LogP contribution in [0.15, 0.2) is 65.0 Å². The van der Waals surface area contributed by atoms with E-state index in [9.17, 15) is 9.59 Å². The zero-order valence-electron chi connectivity index (χ0n) is 19.2. The highest BCUT2D eigenvalue weighted by molar-refractivity contribution is 8.01. The molecule has 8 nitrogen and oxygen atoms in total. The normalized spacial score (nSPS) is 10.7. The third-order valence-corrected chi connectivity index (χ3v) is 6.79. The lowest BCUT2D eigenvalue weighted by atomic mass is 10.1. The largest absolute Gasteiger partial charge is 0.490 e. The second-order valence-electron chi connectivity index (χ2n) is 7.22. The van der Waals surface area contributed by atoms with E-state index >= 15 is 0 Å². The molecule has 0 fully saturated rings. The minimum absolute atomic E-state index is 0.148. The van der Waals surface area contributed by atoms with Gasteiger partial charge in [-0.15, -0.1) is 10.2 Å². The van der Waals surface area contributed by atoms with E-state index in [1.807, 2.05) is 56.3 Å². The first kappa shape index (κ1) is 24.5. The maximum atomic E-state index is 12.7. The third kappa shape index (κ3) is 6.28. The lowest BCUT2D eigenvalue weighted by Gasteiger charge is -2.12. The number of amides is 2. The van der Waals surface area contributed by atoms with Crippen LogP contribution >= 0.6 is 23.1 Å². The molecule has 1 aromatic heterocycles. The lowest BCUT2D eigenvalue weighted by molar-refractivity contribution is -0.113. The topological polar surface area (TPSA) is 102 Å².